The van der Waals surface area contributed by atoms with Gasteiger partial charge in [0.05, 0.1) is 6.54 Å². The van der Waals surface area contributed by atoms with Gasteiger partial charge in [0.25, 0.3) is 5.91 Å². The normalized spacial score (nSPS) is 14.0. The Kier molecular flexibility index (Phi) is 6.38. The van der Waals surface area contributed by atoms with Gasteiger partial charge in [-0.05, 0) is 36.6 Å². The number of carbonyl (C=O) groups excluding carboxylic acids is 1. The van der Waals surface area contributed by atoms with Gasteiger partial charge in [0.1, 0.15) is 0 Å². The Labute approximate surface area is 181 Å². The zero-order chi connectivity index (χ0) is 20.9. The van der Waals surface area contributed by atoms with Crippen LogP contribution in [0.4, 0.5) is 5.69 Å². The molecule has 0 bridgehead atoms. The minimum absolute atomic E-state index is 0.0916. The van der Waals surface area contributed by atoms with Crippen LogP contribution in [-0.2, 0) is 13.0 Å². The average molecular weight is 423 g/mol. The standard InChI is InChI=1S/C23H26N4O2S/c1-3-17-5-8-18(9-6-17)22-25-21(29-26-22)15-24-20-14-19(7-4-16(20)2)23(28)27-10-12-30-13-11-27/h4-9,14,24H,3,10-13,15H2,1-2H3. The van der Waals surface area contributed by atoms with Crippen molar-refractivity contribution in [2.75, 3.05) is 29.9 Å². The van der Waals surface area contributed by atoms with Crippen LogP contribution in [0.2, 0.25) is 0 Å². The van der Waals surface area contributed by atoms with E-state index in [4.69, 9.17) is 4.52 Å². The molecule has 1 aliphatic heterocycles. The Balaban J connectivity index is 1.43. The maximum Gasteiger partial charge on any atom is 0.253 e. The van der Waals surface area contributed by atoms with Gasteiger partial charge in [-0.2, -0.15) is 16.7 Å². The number of rotatable bonds is 6. The highest BCUT2D eigenvalue weighted by Crippen LogP contribution is 2.21. The summed E-state index contributed by atoms with van der Waals surface area (Å²) in [4.78, 5) is 19.2. The van der Waals surface area contributed by atoms with Crippen molar-refractivity contribution in [3.63, 3.8) is 0 Å². The van der Waals surface area contributed by atoms with E-state index >= 15 is 0 Å². The van der Waals surface area contributed by atoms with Crippen molar-refractivity contribution in [2.45, 2.75) is 26.8 Å². The topological polar surface area (TPSA) is 71.3 Å². The molecule has 1 aromatic heterocycles. The number of nitrogens with zero attached hydrogens (tertiary/aromatic N) is 3. The van der Waals surface area contributed by atoms with Gasteiger partial charge in [-0.25, -0.2) is 0 Å². The number of hydrogen-bond donors (Lipinski definition) is 1. The number of nitrogens with one attached hydrogen (secondary N) is 1. The smallest absolute Gasteiger partial charge is 0.253 e. The lowest BCUT2D eigenvalue weighted by Gasteiger charge is -2.26. The average Bonchev–Trinajstić information content (AvgIpc) is 3.28. The van der Waals surface area contributed by atoms with Crippen molar-refractivity contribution in [3.8, 4) is 11.4 Å². The van der Waals surface area contributed by atoms with Crippen LogP contribution in [0.15, 0.2) is 47.0 Å². The molecular weight excluding hydrogens is 396 g/mol. The van der Waals surface area contributed by atoms with E-state index in [2.05, 4.69) is 34.5 Å². The summed E-state index contributed by atoms with van der Waals surface area (Å²) < 4.78 is 5.41. The molecule has 156 valence electrons. The number of aromatic nitrogens is 2. The molecule has 6 nitrogen and oxygen atoms in total. The third kappa shape index (κ3) is 4.67. The molecule has 2 heterocycles. The highest BCUT2D eigenvalue weighted by Gasteiger charge is 2.19. The molecule has 2 aromatic carbocycles. The molecule has 7 heteroatoms. The van der Waals surface area contributed by atoms with Crippen molar-refractivity contribution in [1.82, 2.24) is 15.0 Å². The molecule has 0 atom stereocenters. The lowest BCUT2D eigenvalue weighted by atomic mass is 10.1. The summed E-state index contributed by atoms with van der Waals surface area (Å²) in [6.45, 7) is 6.17. The van der Waals surface area contributed by atoms with Crippen LogP contribution < -0.4 is 5.32 Å². The number of amides is 1. The fourth-order valence-corrected chi connectivity index (χ4v) is 4.30. The molecule has 0 radical (unpaired) electrons. The molecule has 4 rings (SSSR count). The van der Waals surface area contributed by atoms with E-state index in [1.165, 1.54) is 5.56 Å². The van der Waals surface area contributed by atoms with Crippen molar-refractivity contribution in [2.24, 2.45) is 0 Å². The number of benzene rings is 2. The quantitative estimate of drug-likeness (QED) is 0.635. The van der Waals surface area contributed by atoms with E-state index in [9.17, 15) is 4.79 Å². The summed E-state index contributed by atoms with van der Waals surface area (Å²) >= 11 is 1.90. The zero-order valence-corrected chi connectivity index (χ0v) is 18.2. The highest BCUT2D eigenvalue weighted by atomic mass is 32.2. The molecule has 1 aliphatic rings. The van der Waals surface area contributed by atoms with Crippen LogP contribution in [-0.4, -0.2) is 45.5 Å². The minimum Gasteiger partial charge on any atom is -0.376 e. The van der Waals surface area contributed by atoms with Gasteiger partial charge in [-0.15, -0.1) is 0 Å². The summed E-state index contributed by atoms with van der Waals surface area (Å²) in [5.41, 5.74) is 4.88. The van der Waals surface area contributed by atoms with E-state index in [1.54, 1.807) is 0 Å². The highest BCUT2D eigenvalue weighted by molar-refractivity contribution is 7.99. The molecule has 30 heavy (non-hydrogen) atoms. The van der Waals surface area contributed by atoms with Crippen LogP contribution in [0, 0.1) is 6.92 Å². The Morgan fingerprint density at radius 1 is 1.17 bits per heavy atom. The lowest BCUT2D eigenvalue weighted by molar-refractivity contribution is 0.0772. The molecule has 1 N–H and O–H groups in total. The number of hydrogen-bond acceptors (Lipinski definition) is 6. The maximum atomic E-state index is 12.8. The molecule has 1 amide bonds. The third-order valence-electron chi connectivity index (χ3n) is 5.30. The van der Waals surface area contributed by atoms with Crippen molar-refractivity contribution in [3.05, 3.63) is 65.0 Å². The SMILES string of the molecule is CCc1ccc(-c2noc(CNc3cc(C(=O)N4CCSCC4)ccc3C)n2)cc1. The molecular formula is C23H26N4O2S. The molecule has 0 aliphatic carbocycles. The fraction of sp³-hybridized carbons (Fsp3) is 0.348. The van der Waals surface area contributed by atoms with Crippen LogP contribution in [0.3, 0.4) is 0 Å². The van der Waals surface area contributed by atoms with Gasteiger partial charge in [0.2, 0.25) is 11.7 Å². The second kappa shape index (κ2) is 9.34. The fourth-order valence-electron chi connectivity index (χ4n) is 3.40. The minimum atomic E-state index is 0.0916. The Morgan fingerprint density at radius 3 is 2.67 bits per heavy atom. The van der Waals surface area contributed by atoms with Crippen LogP contribution in [0.25, 0.3) is 11.4 Å². The van der Waals surface area contributed by atoms with Crippen molar-refractivity contribution >= 4 is 23.4 Å². The monoisotopic (exact) mass is 422 g/mol. The van der Waals surface area contributed by atoms with E-state index in [-0.39, 0.29) is 5.91 Å². The predicted octanol–water partition coefficient (Wildman–Crippen LogP) is 4.41. The summed E-state index contributed by atoms with van der Waals surface area (Å²) in [5.74, 6) is 3.19. The van der Waals surface area contributed by atoms with Gasteiger partial charge in [-0.1, -0.05) is 42.4 Å². The van der Waals surface area contributed by atoms with E-state index < -0.39 is 0 Å². The van der Waals surface area contributed by atoms with E-state index in [0.717, 1.165) is 47.8 Å². The zero-order valence-electron chi connectivity index (χ0n) is 17.4. The van der Waals surface area contributed by atoms with Gasteiger partial charge in [-0.3, -0.25) is 4.79 Å². The predicted molar refractivity (Wildman–Crippen MR) is 121 cm³/mol. The number of thioether (sulfide) groups is 1. The maximum absolute atomic E-state index is 12.8. The molecule has 0 saturated carbocycles. The third-order valence-corrected chi connectivity index (χ3v) is 6.24. The molecule has 1 saturated heterocycles. The van der Waals surface area contributed by atoms with Gasteiger partial charge < -0.3 is 14.7 Å². The first-order valence-corrected chi connectivity index (χ1v) is 11.4. The number of aryl methyl sites for hydroxylation is 2. The van der Waals surface area contributed by atoms with Crippen molar-refractivity contribution < 1.29 is 9.32 Å². The summed E-state index contributed by atoms with van der Waals surface area (Å²) in [6, 6.07) is 14.0. The summed E-state index contributed by atoms with van der Waals surface area (Å²) in [6.07, 6.45) is 0.999. The molecule has 1 fully saturated rings. The largest absolute Gasteiger partial charge is 0.376 e. The Bertz CT molecular complexity index is 1010. The van der Waals surface area contributed by atoms with Crippen molar-refractivity contribution in [1.29, 1.82) is 0 Å². The van der Waals surface area contributed by atoms with Crippen LogP contribution in [0.5, 0.6) is 0 Å². The van der Waals surface area contributed by atoms with E-state index in [0.29, 0.717) is 23.8 Å². The second-order valence-corrected chi connectivity index (χ2v) is 8.57. The molecule has 0 unspecified atom stereocenters. The number of carbonyl (C=O) groups is 1. The summed E-state index contributed by atoms with van der Waals surface area (Å²) in [7, 11) is 0. The first-order valence-electron chi connectivity index (χ1n) is 10.3. The first-order chi connectivity index (χ1) is 14.6. The Morgan fingerprint density at radius 2 is 1.93 bits per heavy atom. The van der Waals surface area contributed by atoms with Crippen LogP contribution in [0.1, 0.15) is 34.3 Å². The molecule has 3 aromatic rings. The van der Waals surface area contributed by atoms with Gasteiger partial charge in [0, 0.05) is 41.4 Å². The van der Waals surface area contributed by atoms with Gasteiger partial charge >= 0.3 is 0 Å². The second-order valence-electron chi connectivity index (χ2n) is 7.35. The molecule has 0 spiro atoms. The van der Waals surface area contributed by atoms with Crippen LogP contribution >= 0.6 is 11.8 Å². The lowest BCUT2D eigenvalue weighted by Crippen LogP contribution is -2.37. The van der Waals surface area contributed by atoms with Gasteiger partial charge in [0.15, 0.2) is 0 Å². The summed E-state index contributed by atoms with van der Waals surface area (Å²) in [5, 5.41) is 7.43. The number of anilines is 1. The van der Waals surface area contributed by atoms with E-state index in [1.807, 2.05) is 53.9 Å². The Hall–Kier alpha value is -2.80. The first kappa shape index (κ1) is 20.5.